The number of benzene rings is 1. The number of aryl methyl sites for hydroxylation is 1. The van der Waals surface area contributed by atoms with Gasteiger partial charge in [-0.15, -0.1) is 5.10 Å². The van der Waals surface area contributed by atoms with Crippen LogP contribution in [0.3, 0.4) is 0 Å². The van der Waals surface area contributed by atoms with E-state index in [0.717, 1.165) is 28.6 Å². The summed E-state index contributed by atoms with van der Waals surface area (Å²) in [5.74, 6) is 0.000473. The molecule has 1 aromatic carbocycles. The Labute approximate surface area is 154 Å². The highest BCUT2D eigenvalue weighted by Crippen LogP contribution is 2.32. The minimum Gasteiger partial charge on any atom is -0.370 e. The lowest BCUT2D eigenvalue weighted by Crippen LogP contribution is -2.50. The fourth-order valence-corrected chi connectivity index (χ4v) is 4.21. The molecule has 0 radical (unpaired) electrons. The number of H-pyrrole nitrogens is 1. The Morgan fingerprint density at radius 2 is 2.31 bits per heavy atom. The van der Waals surface area contributed by atoms with E-state index in [2.05, 4.69) is 15.3 Å². The number of aromatic amines is 1. The van der Waals surface area contributed by atoms with Gasteiger partial charge in [0.1, 0.15) is 5.69 Å². The molecule has 7 nitrogen and oxygen atoms in total. The van der Waals surface area contributed by atoms with Crippen LogP contribution in [-0.2, 0) is 11.3 Å². The third-order valence-electron chi connectivity index (χ3n) is 5.45. The van der Waals surface area contributed by atoms with Gasteiger partial charge in [0.05, 0.1) is 30.6 Å². The molecule has 1 fully saturated rings. The summed E-state index contributed by atoms with van der Waals surface area (Å²) >= 11 is 6.10. The Morgan fingerprint density at radius 1 is 1.42 bits per heavy atom. The van der Waals surface area contributed by atoms with Crippen LogP contribution >= 0.6 is 11.6 Å². The molecular formula is C18H18ClN5O2. The van der Waals surface area contributed by atoms with Gasteiger partial charge in [-0.3, -0.25) is 4.79 Å². The molecule has 1 N–H and O–H groups in total. The molecule has 0 unspecified atom stereocenters. The summed E-state index contributed by atoms with van der Waals surface area (Å²) in [7, 11) is 0. The van der Waals surface area contributed by atoms with Gasteiger partial charge in [-0.1, -0.05) is 16.8 Å². The Hall–Kier alpha value is -2.38. The largest absolute Gasteiger partial charge is 0.370 e. The molecule has 2 aliphatic heterocycles. The number of amides is 1. The molecule has 2 atom stereocenters. The van der Waals surface area contributed by atoms with E-state index >= 15 is 0 Å². The van der Waals surface area contributed by atoms with Gasteiger partial charge < -0.3 is 14.6 Å². The van der Waals surface area contributed by atoms with Gasteiger partial charge >= 0.3 is 0 Å². The number of carbonyl (C=O) groups excluding carboxylic acids is 1. The van der Waals surface area contributed by atoms with E-state index in [1.807, 2.05) is 34.7 Å². The number of nitrogens with zero attached hydrogens (tertiary/aromatic N) is 4. The lowest BCUT2D eigenvalue weighted by Gasteiger charge is -2.40. The highest BCUT2D eigenvalue weighted by Gasteiger charge is 2.38. The number of rotatable bonds is 1. The van der Waals surface area contributed by atoms with Crippen molar-refractivity contribution in [2.24, 2.45) is 0 Å². The number of likely N-dealkylation sites (tertiary alicyclic amines) is 1. The van der Waals surface area contributed by atoms with Gasteiger partial charge in [-0.2, -0.15) is 0 Å². The predicted octanol–water partition coefficient (Wildman–Crippen LogP) is 2.71. The minimum absolute atomic E-state index is 0.000473. The van der Waals surface area contributed by atoms with Crippen LogP contribution in [0.25, 0.3) is 10.9 Å². The molecule has 1 saturated heterocycles. The summed E-state index contributed by atoms with van der Waals surface area (Å²) in [6.07, 6.45) is 2.60. The van der Waals surface area contributed by atoms with Crippen LogP contribution in [0.15, 0.2) is 24.4 Å². The number of nitrogens with one attached hydrogen (secondary N) is 1. The highest BCUT2D eigenvalue weighted by molar-refractivity contribution is 6.31. The average molecular weight is 372 g/mol. The highest BCUT2D eigenvalue weighted by atomic mass is 35.5. The molecular weight excluding hydrogens is 354 g/mol. The standard InChI is InChI=1S/C18H18ClN5O2/c1-10-13-6-11(19)2-3-14(13)21-17(10)18(25)23-5-4-16-15(8-23)24-12(9-26-16)7-20-22-24/h2-3,6-7,15-16,21H,4-5,8-9H2,1H3/t15-,16+/m0/s1. The first-order valence-electron chi connectivity index (χ1n) is 8.69. The predicted molar refractivity (Wildman–Crippen MR) is 96.2 cm³/mol. The number of ether oxygens (including phenoxy) is 1. The number of halogens is 1. The summed E-state index contributed by atoms with van der Waals surface area (Å²) in [6.45, 7) is 3.72. The molecule has 1 amide bonds. The zero-order valence-corrected chi connectivity index (χ0v) is 15.0. The van der Waals surface area contributed by atoms with Gasteiger partial charge in [0, 0.05) is 29.0 Å². The summed E-state index contributed by atoms with van der Waals surface area (Å²) in [5, 5.41) is 9.83. The second kappa shape index (κ2) is 5.82. The quantitative estimate of drug-likeness (QED) is 0.713. The van der Waals surface area contributed by atoms with E-state index in [9.17, 15) is 4.79 Å². The van der Waals surface area contributed by atoms with E-state index in [1.165, 1.54) is 0 Å². The van der Waals surface area contributed by atoms with Crippen molar-refractivity contribution in [3.05, 3.63) is 46.4 Å². The average Bonchev–Trinajstić information content (AvgIpc) is 3.26. The summed E-state index contributed by atoms with van der Waals surface area (Å²) in [5.41, 5.74) is 3.42. The first kappa shape index (κ1) is 15.8. The Kier molecular flexibility index (Phi) is 3.55. The first-order valence-corrected chi connectivity index (χ1v) is 9.07. The Balaban J connectivity index is 1.46. The fraction of sp³-hybridized carbons (Fsp3) is 0.389. The number of hydrogen-bond donors (Lipinski definition) is 1. The number of piperidine rings is 1. The van der Waals surface area contributed by atoms with Crippen molar-refractivity contribution in [3.8, 4) is 0 Å². The molecule has 3 aromatic rings. The second-order valence-electron chi connectivity index (χ2n) is 6.94. The van der Waals surface area contributed by atoms with E-state index < -0.39 is 0 Å². The topological polar surface area (TPSA) is 76.0 Å². The SMILES string of the molecule is Cc1c(C(=O)N2CC[C@H]3OCc4cnnn4[C@H]3C2)[nH]c2ccc(Cl)cc12. The molecule has 8 heteroatoms. The van der Waals surface area contributed by atoms with Crippen LogP contribution in [-0.4, -0.2) is 50.0 Å². The van der Waals surface area contributed by atoms with Gasteiger partial charge in [0.2, 0.25) is 0 Å². The van der Waals surface area contributed by atoms with E-state index in [0.29, 0.717) is 30.4 Å². The summed E-state index contributed by atoms with van der Waals surface area (Å²) < 4.78 is 7.83. The third-order valence-corrected chi connectivity index (χ3v) is 5.69. The zero-order chi connectivity index (χ0) is 17.8. The van der Waals surface area contributed by atoms with E-state index in [-0.39, 0.29) is 18.1 Å². The van der Waals surface area contributed by atoms with Gasteiger partial charge in [-0.25, -0.2) is 4.68 Å². The molecule has 134 valence electrons. The Morgan fingerprint density at radius 3 is 3.19 bits per heavy atom. The molecule has 2 aromatic heterocycles. The number of fused-ring (bicyclic) bond motifs is 4. The second-order valence-corrected chi connectivity index (χ2v) is 7.38. The molecule has 0 saturated carbocycles. The monoisotopic (exact) mass is 371 g/mol. The maximum atomic E-state index is 13.2. The van der Waals surface area contributed by atoms with Crippen molar-refractivity contribution in [2.75, 3.05) is 13.1 Å². The maximum absolute atomic E-state index is 13.2. The number of hydrogen-bond acceptors (Lipinski definition) is 4. The smallest absolute Gasteiger partial charge is 0.270 e. The van der Waals surface area contributed by atoms with Gasteiger partial charge in [0.25, 0.3) is 5.91 Å². The van der Waals surface area contributed by atoms with Crippen molar-refractivity contribution >= 4 is 28.4 Å². The molecule has 26 heavy (non-hydrogen) atoms. The molecule has 0 bridgehead atoms. The van der Waals surface area contributed by atoms with E-state index in [4.69, 9.17) is 16.3 Å². The maximum Gasteiger partial charge on any atom is 0.270 e. The van der Waals surface area contributed by atoms with Crippen LogP contribution in [0.4, 0.5) is 0 Å². The number of aromatic nitrogens is 4. The third kappa shape index (κ3) is 2.34. The van der Waals surface area contributed by atoms with Gasteiger partial charge in [-0.05, 0) is 37.1 Å². The first-order chi connectivity index (χ1) is 12.6. The van der Waals surface area contributed by atoms with Crippen LogP contribution in [0.5, 0.6) is 0 Å². The Bertz CT molecular complexity index is 1010. The fourth-order valence-electron chi connectivity index (χ4n) is 4.03. The summed E-state index contributed by atoms with van der Waals surface area (Å²) in [4.78, 5) is 18.3. The van der Waals surface area contributed by atoms with Crippen molar-refractivity contribution < 1.29 is 9.53 Å². The lowest BCUT2D eigenvalue weighted by atomic mass is 10.00. The van der Waals surface area contributed by atoms with E-state index in [1.54, 1.807) is 6.20 Å². The summed E-state index contributed by atoms with van der Waals surface area (Å²) in [6, 6.07) is 5.64. The van der Waals surface area contributed by atoms with Crippen molar-refractivity contribution in [2.45, 2.75) is 32.1 Å². The van der Waals surface area contributed by atoms with Crippen LogP contribution in [0.1, 0.15) is 34.2 Å². The zero-order valence-electron chi connectivity index (χ0n) is 14.3. The van der Waals surface area contributed by atoms with Gasteiger partial charge in [0.15, 0.2) is 0 Å². The van der Waals surface area contributed by atoms with Crippen molar-refractivity contribution in [1.29, 1.82) is 0 Å². The van der Waals surface area contributed by atoms with Crippen LogP contribution < -0.4 is 0 Å². The van der Waals surface area contributed by atoms with Crippen molar-refractivity contribution in [1.82, 2.24) is 24.9 Å². The molecule has 4 heterocycles. The molecule has 5 rings (SSSR count). The molecule has 0 aliphatic carbocycles. The van der Waals surface area contributed by atoms with Crippen LogP contribution in [0.2, 0.25) is 5.02 Å². The molecule has 0 spiro atoms. The lowest BCUT2D eigenvalue weighted by molar-refractivity contribution is -0.0605. The molecule has 2 aliphatic rings. The van der Waals surface area contributed by atoms with Crippen molar-refractivity contribution in [3.63, 3.8) is 0 Å². The normalized spacial score (nSPS) is 22.3. The minimum atomic E-state index is 0.000473. The van der Waals surface area contributed by atoms with Crippen LogP contribution in [0, 0.1) is 6.92 Å². The number of carbonyl (C=O) groups is 1.